The van der Waals surface area contributed by atoms with E-state index in [1.807, 2.05) is 0 Å². The van der Waals surface area contributed by atoms with Crippen LogP contribution in [0, 0.1) is 46.3 Å². The van der Waals surface area contributed by atoms with Gasteiger partial charge in [0.2, 0.25) is 0 Å². The van der Waals surface area contributed by atoms with E-state index in [-0.39, 0.29) is 11.7 Å². The van der Waals surface area contributed by atoms with Crippen molar-refractivity contribution < 1.29 is 14.6 Å². The molecule has 0 radical (unpaired) electrons. The van der Waals surface area contributed by atoms with Gasteiger partial charge in [0.05, 0.1) is 6.61 Å². The van der Waals surface area contributed by atoms with Crippen molar-refractivity contribution in [2.75, 3.05) is 6.61 Å². The Balaban J connectivity index is 1.52. The van der Waals surface area contributed by atoms with Crippen LogP contribution in [0.5, 0.6) is 0 Å². The fourth-order valence-corrected chi connectivity index (χ4v) is 8.84. The predicted octanol–water partition coefficient (Wildman–Crippen LogP) is 6.68. The first-order valence-electron chi connectivity index (χ1n) is 12.4. The molecule has 0 aromatic heterocycles. The first kappa shape index (κ1) is 21.2. The lowest BCUT2D eigenvalue weighted by atomic mass is 9.44. The molecule has 4 fully saturated rings. The average Bonchev–Trinajstić information content (AvgIpc) is 3.05. The largest absolute Gasteiger partial charge is 0.502 e. The molecule has 4 saturated carbocycles. The van der Waals surface area contributed by atoms with Crippen LogP contribution < -0.4 is 0 Å². The lowest BCUT2D eigenvalue weighted by Crippen LogP contribution is -2.53. The molecule has 4 aliphatic carbocycles. The number of esters is 1. The number of carbonyl (C=O) groups excluding carboxylic acids is 1. The number of aliphatic hydroxyl groups excluding tert-OH is 1. The standard InChI is InChI=1S/C26H42O3/c1-5-29-24(28)23(27)16-17(2)20-11-12-21-19-10-9-18-8-6-7-14-25(18,3)22(19)13-15-26(20,21)4/h16-22,27H,5-15H2,1-4H3/t17-,18?,19+,20-,21+,22+,25+,26-/m1/s1. The van der Waals surface area contributed by atoms with Crippen LogP contribution in [0.3, 0.4) is 0 Å². The normalized spacial score (nSPS) is 45.7. The summed E-state index contributed by atoms with van der Waals surface area (Å²) in [7, 11) is 0. The van der Waals surface area contributed by atoms with Crippen LogP contribution in [0.4, 0.5) is 0 Å². The third-order valence-corrected chi connectivity index (χ3v) is 10.2. The Morgan fingerprint density at radius 1 is 1.03 bits per heavy atom. The molecule has 0 aromatic rings. The molecule has 4 aliphatic rings. The molecule has 0 saturated heterocycles. The molecule has 1 unspecified atom stereocenters. The Morgan fingerprint density at radius 2 is 1.79 bits per heavy atom. The summed E-state index contributed by atoms with van der Waals surface area (Å²) in [6.07, 6.45) is 15.8. The number of rotatable bonds is 4. The summed E-state index contributed by atoms with van der Waals surface area (Å²) in [5.41, 5.74) is 0.943. The van der Waals surface area contributed by atoms with E-state index in [0.29, 0.717) is 23.4 Å². The van der Waals surface area contributed by atoms with E-state index in [1.54, 1.807) is 13.0 Å². The SMILES string of the molecule is CCOC(=O)C(O)=C[C@@H](C)[C@H]1CC[C@H]2[C@@H]3CCC4CCCC[C@]4(C)[C@H]3CC[C@]12C. The van der Waals surface area contributed by atoms with Crippen LogP contribution in [0.2, 0.25) is 0 Å². The minimum absolute atomic E-state index is 0.199. The second kappa shape index (κ2) is 7.93. The van der Waals surface area contributed by atoms with Crippen LogP contribution in [-0.2, 0) is 9.53 Å². The van der Waals surface area contributed by atoms with Gasteiger partial charge in [-0.05, 0) is 111 Å². The first-order chi connectivity index (χ1) is 13.8. The Morgan fingerprint density at radius 3 is 2.55 bits per heavy atom. The molecular formula is C26H42O3. The van der Waals surface area contributed by atoms with Gasteiger partial charge in [-0.2, -0.15) is 0 Å². The van der Waals surface area contributed by atoms with Crippen LogP contribution in [0.1, 0.15) is 91.9 Å². The molecular weight excluding hydrogens is 360 g/mol. The van der Waals surface area contributed by atoms with Crippen molar-refractivity contribution in [2.24, 2.45) is 46.3 Å². The van der Waals surface area contributed by atoms with Gasteiger partial charge in [0, 0.05) is 0 Å². The average molecular weight is 403 g/mol. The van der Waals surface area contributed by atoms with E-state index in [0.717, 1.165) is 23.7 Å². The summed E-state index contributed by atoms with van der Waals surface area (Å²) < 4.78 is 4.97. The number of ether oxygens (including phenoxy) is 1. The van der Waals surface area contributed by atoms with Gasteiger partial charge in [0.15, 0.2) is 5.76 Å². The molecule has 0 amide bonds. The highest BCUT2D eigenvalue weighted by Crippen LogP contribution is 2.68. The van der Waals surface area contributed by atoms with Gasteiger partial charge in [-0.1, -0.05) is 33.6 Å². The van der Waals surface area contributed by atoms with E-state index >= 15 is 0 Å². The number of fused-ring (bicyclic) bond motifs is 5. The fraction of sp³-hybridized carbons (Fsp3) is 0.885. The summed E-state index contributed by atoms with van der Waals surface area (Å²) in [6, 6.07) is 0. The monoisotopic (exact) mass is 402 g/mol. The Bertz CT molecular complexity index is 654. The molecule has 3 nitrogen and oxygen atoms in total. The summed E-state index contributed by atoms with van der Waals surface area (Å²) in [6.45, 7) is 9.45. The van der Waals surface area contributed by atoms with Crippen molar-refractivity contribution in [3.05, 3.63) is 11.8 Å². The first-order valence-corrected chi connectivity index (χ1v) is 12.4. The van der Waals surface area contributed by atoms with E-state index in [2.05, 4.69) is 20.8 Å². The summed E-state index contributed by atoms with van der Waals surface area (Å²) in [5, 5.41) is 10.2. The maximum absolute atomic E-state index is 11.9. The second-order valence-electron chi connectivity index (χ2n) is 11.3. The number of aliphatic hydroxyl groups is 1. The molecule has 0 aliphatic heterocycles. The highest BCUT2D eigenvalue weighted by atomic mass is 16.5. The van der Waals surface area contributed by atoms with Crippen LogP contribution >= 0.6 is 0 Å². The Hall–Kier alpha value is -0.990. The van der Waals surface area contributed by atoms with E-state index < -0.39 is 5.97 Å². The van der Waals surface area contributed by atoms with E-state index in [9.17, 15) is 9.90 Å². The molecule has 1 N–H and O–H groups in total. The Kier molecular flexibility index (Phi) is 5.81. The van der Waals surface area contributed by atoms with Crippen molar-refractivity contribution in [1.82, 2.24) is 0 Å². The van der Waals surface area contributed by atoms with Gasteiger partial charge in [0.25, 0.3) is 0 Å². The number of hydrogen-bond acceptors (Lipinski definition) is 3. The van der Waals surface area contributed by atoms with E-state index in [4.69, 9.17) is 4.74 Å². The minimum atomic E-state index is -0.577. The zero-order valence-corrected chi connectivity index (χ0v) is 19.1. The lowest BCUT2D eigenvalue weighted by molar-refractivity contribution is -0.141. The molecule has 4 rings (SSSR count). The van der Waals surface area contributed by atoms with Crippen LogP contribution in [-0.4, -0.2) is 17.7 Å². The summed E-state index contributed by atoms with van der Waals surface area (Å²) >= 11 is 0. The molecule has 3 heteroatoms. The predicted molar refractivity (Wildman–Crippen MR) is 116 cm³/mol. The maximum Gasteiger partial charge on any atom is 0.373 e. The topological polar surface area (TPSA) is 46.5 Å². The second-order valence-corrected chi connectivity index (χ2v) is 11.3. The Labute approximate surface area is 177 Å². The number of carbonyl (C=O) groups is 1. The minimum Gasteiger partial charge on any atom is -0.502 e. The van der Waals surface area contributed by atoms with Crippen molar-refractivity contribution in [1.29, 1.82) is 0 Å². The third-order valence-electron chi connectivity index (χ3n) is 10.2. The van der Waals surface area contributed by atoms with Gasteiger partial charge in [-0.15, -0.1) is 0 Å². The summed E-state index contributed by atoms with van der Waals surface area (Å²) in [5.74, 6) is 3.62. The van der Waals surface area contributed by atoms with Crippen LogP contribution in [0.15, 0.2) is 11.8 Å². The number of hydrogen-bond donors (Lipinski definition) is 1. The van der Waals surface area contributed by atoms with Gasteiger partial charge < -0.3 is 9.84 Å². The fourth-order valence-electron chi connectivity index (χ4n) is 8.84. The molecule has 29 heavy (non-hydrogen) atoms. The quantitative estimate of drug-likeness (QED) is 0.324. The van der Waals surface area contributed by atoms with Gasteiger partial charge in [-0.25, -0.2) is 4.79 Å². The van der Waals surface area contributed by atoms with Crippen LogP contribution in [0.25, 0.3) is 0 Å². The van der Waals surface area contributed by atoms with Gasteiger partial charge >= 0.3 is 5.97 Å². The van der Waals surface area contributed by atoms with Gasteiger partial charge in [0.1, 0.15) is 0 Å². The van der Waals surface area contributed by atoms with Gasteiger partial charge in [-0.3, -0.25) is 0 Å². The van der Waals surface area contributed by atoms with Crippen molar-refractivity contribution in [3.63, 3.8) is 0 Å². The highest BCUT2D eigenvalue weighted by Gasteiger charge is 2.60. The molecule has 0 bridgehead atoms. The maximum atomic E-state index is 11.9. The van der Waals surface area contributed by atoms with Crippen molar-refractivity contribution in [2.45, 2.75) is 91.9 Å². The molecule has 164 valence electrons. The van der Waals surface area contributed by atoms with Crippen molar-refractivity contribution in [3.8, 4) is 0 Å². The third kappa shape index (κ3) is 3.45. The lowest BCUT2D eigenvalue weighted by Gasteiger charge is -2.60. The molecule has 0 aromatic carbocycles. The molecule has 0 heterocycles. The molecule has 8 atom stereocenters. The zero-order chi connectivity index (χ0) is 20.8. The zero-order valence-electron chi connectivity index (χ0n) is 19.1. The number of allylic oxidation sites excluding steroid dienone is 1. The molecule has 0 spiro atoms. The summed E-state index contributed by atoms with van der Waals surface area (Å²) in [4.78, 5) is 11.9. The smallest absolute Gasteiger partial charge is 0.373 e. The van der Waals surface area contributed by atoms with E-state index in [1.165, 1.54) is 64.2 Å². The van der Waals surface area contributed by atoms with Crippen molar-refractivity contribution >= 4 is 5.97 Å². The highest BCUT2D eigenvalue weighted by molar-refractivity contribution is 5.85.